The number of anilines is 1. The van der Waals surface area contributed by atoms with Crippen LogP contribution >= 0.6 is 0 Å². The molecule has 0 aromatic heterocycles. The van der Waals surface area contributed by atoms with Crippen LogP contribution in [0.15, 0.2) is 42.5 Å². The van der Waals surface area contributed by atoms with Crippen molar-refractivity contribution in [3.63, 3.8) is 0 Å². The molecule has 2 aromatic carbocycles. The molecule has 4 atom stereocenters. The molecule has 10 heteroatoms. The van der Waals surface area contributed by atoms with Gasteiger partial charge < -0.3 is 33.7 Å². The van der Waals surface area contributed by atoms with Crippen molar-refractivity contribution in [2.75, 3.05) is 39.9 Å². The van der Waals surface area contributed by atoms with E-state index in [1.807, 2.05) is 0 Å². The monoisotopic (exact) mass is 458 g/mol. The Labute approximate surface area is 191 Å². The number of nitrogens with one attached hydrogen (secondary N) is 2. The minimum atomic E-state index is -0.658. The van der Waals surface area contributed by atoms with Gasteiger partial charge in [0, 0.05) is 23.8 Å². The van der Waals surface area contributed by atoms with Gasteiger partial charge in [-0.15, -0.1) is 0 Å². The Kier molecular flexibility index (Phi) is 6.85. The Balaban J connectivity index is 1.32. The van der Waals surface area contributed by atoms with E-state index in [-0.39, 0.29) is 25.2 Å². The molecule has 4 rings (SSSR count). The van der Waals surface area contributed by atoms with Crippen molar-refractivity contribution in [3.8, 4) is 17.2 Å². The summed E-state index contributed by atoms with van der Waals surface area (Å²) in [6.45, 7) is 0.422. The van der Waals surface area contributed by atoms with Crippen molar-refractivity contribution >= 4 is 17.7 Å². The van der Waals surface area contributed by atoms with Crippen LogP contribution in [-0.2, 0) is 14.2 Å². The summed E-state index contributed by atoms with van der Waals surface area (Å²) >= 11 is 0. The van der Waals surface area contributed by atoms with Crippen molar-refractivity contribution in [2.24, 2.45) is 0 Å². The summed E-state index contributed by atoms with van der Waals surface area (Å²) in [4.78, 5) is 25.0. The molecule has 2 heterocycles. The molecule has 176 valence electrons. The first-order valence-corrected chi connectivity index (χ1v) is 10.4. The Morgan fingerprint density at radius 3 is 2.12 bits per heavy atom. The van der Waals surface area contributed by atoms with Gasteiger partial charge in [0.1, 0.15) is 29.5 Å². The molecule has 0 spiro atoms. The molecule has 2 fully saturated rings. The van der Waals surface area contributed by atoms with Crippen molar-refractivity contribution < 1.29 is 38.0 Å². The van der Waals surface area contributed by atoms with E-state index in [1.54, 1.807) is 49.6 Å². The summed E-state index contributed by atoms with van der Waals surface area (Å²) < 4.78 is 32.6. The molecule has 2 saturated heterocycles. The average molecular weight is 458 g/mol. The van der Waals surface area contributed by atoms with Crippen LogP contribution in [-0.4, -0.2) is 70.9 Å². The maximum atomic E-state index is 12.6. The number of carbonyl (C=O) groups excluding carboxylic acids is 2. The zero-order valence-electron chi connectivity index (χ0n) is 18.5. The molecule has 0 saturated carbocycles. The second-order valence-electron chi connectivity index (χ2n) is 7.57. The highest BCUT2D eigenvalue weighted by molar-refractivity contribution is 5.94. The Morgan fingerprint density at radius 2 is 1.48 bits per heavy atom. The average Bonchev–Trinajstić information content (AvgIpc) is 3.42. The molecule has 0 unspecified atom stereocenters. The van der Waals surface area contributed by atoms with Crippen molar-refractivity contribution in [2.45, 2.75) is 24.4 Å². The van der Waals surface area contributed by atoms with Gasteiger partial charge in [-0.1, -0.05) is 0 Å². The van der Waals surface area contributed by atoms with E-state index in [0.29, 0.717) is 28.5 Å². The van der Waals surface area contributed by atoms with E-state index in [2.05, 4.69) is 10.6 Å². The first kappa shape index (κ1) is 22.7. The minimum Gasteiger partial charge on any atom is -0.497 e. The van der Waals surface area contributed by atoms with Crippen LogP contribution in [0.5, 0.6) is 17.2 Å². The molecular weight excluding hydrogens is 432 g/mol. The zero-order valence-corrected chi connectivity index (χ0v) is 18.5. The van der Waals surface area contributed by atoms with Crippen molar-refractivity contribution in [1.82, 2.24) is 5.32 Å². The van der Waals surface area contributed by atoms with Gasteiger partial charge in [-0.05, 0) is 24.3 Å². The lowest BCUT2D eigenvalue weighted by atomic mass is 10.1. The summed E-state index contributed by atoms with van der Waals surface area (Å²) in [5.74, 6) is 1.48. The number of fused-ring (bicyclic) bond motifs is 1. The van der Waals surface area contributed by atoms with Crippen molar-refractivity contribution in [3.05, 3.63) is 48.0 Å². The maximum Gasteiger partial charge on any atom is 0.412 e. The van der Waals surface area contributed by atoms with E-state index < -0.39 is 24.4 Å². The molecule has 0 aliphatic carbocycles. The Bertz CT molecular complexity index is 974. The van der Waals surface area contributed by atoms with Gasteiger partial charge in [-0.3, -0.25) is 10.1 Å². The Hall–Kier alpha value is -3.50. The molecule has 2 amide bonds. The van der Waals surface area contributed by atoms with Gasteiger partial charge in [-0.25, -0.2) is 4.79 Å². The number of methoxy groups -OCH3 is 3. The first-order chi connectivity index (χ1) is 16.0. The summed E-state index contributed by atoms with van der Waals surface area (Å²) in [6, 6.07) is 11.4. The van der Waals surface area contributed by atoms with Gasteiger partial charge in [-0.2, -0.15) is 0 Å². The number of carbonyl (C=O) groups is 2. The molecule has 2 aromatic rings. The molecular formula is C23H26N2O8. The van der Waals surface area contributed by atoms with Crippen LogP contribution in [0.4, 0.5) is 10.5 Å². The lowest BCUT2D eigenvalue weighted by molar-refractivity contribution is 0.00861. The summed E-state index contributed by atoms with van der Waals surface area (Å²) in [6.07, 6.45) is -2.15. The third-order valence-electron chi connectivity index (χ3n) is 5.53. The number of benzene rings is 2. The van der Waals surface area contributed by atoms with Gasteiger partial charge >= 0.3 is 6.09 Å². The highest BCUT2D eigenvalue weighted by Gasteiger charge is 2.50. The minimum absolute atomic E-state index is 0.166. The predicted molar refractivity (Wildman–Crippen MR) is 117 cm³/mol. The first-order valence-electron chi connectivity index (χ1n) is 10.4. The molecule has 33 heavy (non-hydrogen) atoms. The smallest absolute Gasteiger partial charge is 0.412 e. The Morgan fingerprint density at radius 1 is 0.848 bits per heavy atom. The van der Waals surface area contributed by atoms with E-state index in [9.17, 15) is 9.59 Å². The highest BCUT2D eigenvalue weighted by Crippen LogP contribution is 2.30. The SMILES string of the molecule is COc1ccc(C(=O)N[C@H]2CO[C@H]3[C@@H]2OC[C@H]3OC(=O)Nc2cc(OC)cc(OC)c2)cc1. The van der Waals surface area contributed by atoms with Crippen LogP contribution < -0.4 is 24.8 Å². The predicted octanol–water partition coefficient (Wildman–Crippen LogP) is 2.23. The summed E-state index contributed by atoms with van der Waals surface area (Å²) in [7, 11) is 4.61. The van der Waals surface area contributed by atoms with Gasteiger partial charge in [0.2, 0.25) is 0 Å². The quantitative estimate of drug-likeness (QED) is 0.650. The number of rotatable bonds is 7. The molecule has 10 nitrogen and oxygen atoms in total. The fourth-order valence-electron chi connectivity index (χ4n) is 3.85. The number of ether oxygens (including phenoxy) is 6. The highest BCUT2D eigenvalue weighted by atomic mass is 16.6. The number of hydrogen-bond acceptors (Lipinski definition) is 8. The largest absolute Gasteiger partial charge is 0.497 e. The lowest BCUT2D eigenvalue weighted by Gasteiger charge is -2.18. The fraction of sp³-hybridized carbons (Fsp3) is 0.391. The second kappa shape index (κ2) is 9.97. The van der Waals surface area contributed by atoms with Gasteiger partial charge in [0.25, 0.3) is 5.91 Å². The van der Waals surface area contributed by atoms with Crippen LogP contribution in [0.25, 0.3) is 0 Å². The van der Waals surface area contributed by atoms with Crippen LogP contribution in [0.2, 0.25) is 0 Å². The molecule has 0 radical (unpaired) electrons. The van der Waals surface area contributed by atoms with Crippen molar-refractivity contribution in [1.29, 1.82) is 0 Å². The van der Waals surface area contributed by atoms with Crippen LogP contribution in [0.1, 0.15) is 10.4 Å². The summed E-state index contributed by atoms with van der Waals surface area (Å²) in [5, 5.41) is 5.59. The number of hydrogen-bond donors (Lipinski definition) is 2. The molecule has 2 aliphatic heterocycles. The second-order valence-corrected chi connectivity index (χ2v) is 7.57. The van der Waals surface area contributed by atoms with Crippen LogP contribution in [0.3, 0.4) is 0 Å². The maximum absolute atomic E-state index is 12.6. The van der Waals surface area contributed by atoms with Crippen LogP contribution in [0, 0.1) is 0 Å². The number of amides is 2. The van der Waals surface area contributed by atoms with E-state index in [4.69, 9.17) is 28.4 Å². The van der Waals surface area contributed by atoms with Gasteiger partial charge in [0.05, 0.1) is 46.3 Å². The van der Waals surface area contributed by atoms with E-state index >= 15 is 0 Å². The standard InChI is InChI=1S/C23H26N2O8/c1-28-15-6-4-13(5-7-15)22(26)25-18-11-31-21-19(12-32-20(18)21)33-23(27)24-14-8-16(29-2)10-17(9-14)30-3/h4-10,18-21H,11-12H2,1-3H3,(H,24,27)(H,25,26)/t18-,19+,20+,21+/m0/s1. The zero-order chi connectivity index (χ0) is 23.4. The molecule has 2 N–H and O–H groups in total. The molecule has 0 bridgehead atoms. The van der Waals surface area contributed by atoms with E-state index in [0.717, 1.165) is 0 Å². The third-order valence-corrected chi connectivity index (χ3v) is 5.53. The normalized spacial score (nSPS) is 23.4. The lowest BCUT2D eigenvalue weighted by Crippen LogP contribution is -2.44. The summed E-state index contributed by atoms with van der Waals surface area (Å²) in [5.41, 5.74) is 0.960. The van der Waals surface area contributed by atoms with Gasteiger partial charge in [0.15, 0.2) is 6.10 Å². The van der Waals surface area contributed by atoms with E-state index in [1.165, 1.54) is 14.2 Å². The molecule has 2 aliphatic rings. The fourth-order valence-corrected chi connectivity index (χ4v) is 3.85. The topological polar surface area (TPSA) is 114 Å². The third kappa shape index (κ3) is 5.12.